The van der Waals surface area contributed by atoms with Crippen molar-refractivity contribution < 1.29 is 54.8 Å². The molecule has 0 saturated heterocycles. The fourth-order valence-electron chi connectivity index (χ4n) is 0. The topological polar surface area (TPSA) is 89.4 Å². The van der Waals surface area contributed by atoms with Crippen LogP contribution in [0.2, 0.25) is 0 Å². The first-order valence-corrected chi connectivity index (χ1v) is 2.51. The van der Waals surface area contributed by atoms with Crippen LogP contribution in [0.4, 0.5) is 0 Å². The molecular formula is HCoLiO4Si. The van der Waals surface area contributed by atoms with Crippen LogP contribution in [0.1, 0.15) is 0 Å². The van der Waals surface area contributed by atoms with Crippen LogP contribution < -0.4 is 33.2 Å². The molecule has 0 saturated carbocycles. The standard InChI is InChI=1S/Co.Li.HO4Si/c;;1-5(2,3)4/h;;1H/q+2;+1;-3. The summed E-state index contributed by atoms with van der Waals surface area (Å²) >= 11 is 0. The third-order valence-electron chi connectivity index (χ3n) is 0. The second kappa shape index (κ2) is 5.30. The van der Waals surface area contributed by atoms with Gasteiger partial charge >= 0.3 is 35.6 Å². The smallest absolute Gasteiger partial charge is 0.861 e. The Morgan fingerprint density at radius 1 is 1.14 bits per heavy atom. The molecule has 7 heavy (non-hydrogen) atoms. The summed E-state index contributed by atoms with van der Waals surface area (Å²) in [6, 6.07) is 0. The molecule has 0 aromatic heterocycles. The van der Waals surface area contributed by atoms with Gasteiger partial charge in [0.25, 0.3) is 0 Å². The van der Waals surface area contributed by atoms with Crippen molar-refractivity contribution in [3.63, 3.8) is 0 Å². The van der Waals surface area contributed by atoms with Crippen LogP contribution in [-0.2, 0) is 16.8 Å². The first kappa shape index (κ1) is 15.7. The third-order valence-corrected chi connectivity index (χ3v) is 0. The van der Waals surface area contributed by atoms with Crippen LogP contribution in [0.5, 0.6) is 0 Å². The van der Waals surface area contributed by atoms with E-state index in [2.05, 4.69) is 0 Å². The van der Waals surface area contributed by atoms with E-state index in [0.29, 0.717) is 0 Å². The van der Waals surface area contributed by atoms with E-state index in [0.717, 1.165) is 0 Å². The van der Waals surface area contributed by atoms with Gasteiger partial charge in [-0.05, 0) is 0 Å². The maximum atomic E-state index is 8.69. The zero-order chi connectivity index (χ0) is 4.50. The molecular weight excluding hydrogens is 158 g/mol. The van der Waals surface area contributed by atoms with Crippen molar-refractivity contribution in [3.05, 3.63) is 0 Å². The molecule has 0 rings (SSSR count). The number of hydrogen-bond acceptors (Lipinski definition) is 4. The molecule has 0 fully saturated rings. The van der Waals surface area contributed by atoms with Crippen molar-refractivity contribution in [1.29, 1.82) is 0 Å². The minimum absolute atomic E-state index is 0. The molecule has 0 aliphatic heterocycles. The summed E-state index contributed by atoms with van der Waals surface area (Å²) in [5.41, 5.74) is 0. The van der Waals surface area contributed by atoms with Gasteiger partial charge in [-0.25, -0.2) is 0 Å². The monoisotopic (exact) mass is 159 g/mol. The summed E-state index contributed by atoms with van der Waals surface area (Å²) in [5, 5.41) is 0. The Balaban J connectivity index is -0.0000000800. The minimum atomic E-state index is -5.36. The van der Waals surface area contributed by atoms with Crippen molar-refractivity contribution in [2.24, 2.45) is 0 Å². The van der Waals surface area contributed by atoms with Gasteiger partial charge in [0.2, 0.25) is 0 Å². The Kier molecular flexibility index (Phi) is 11.9. The molecule has 0 aromatic carbocycles. The molecule has 1 radical (unpaired) electrons. The molecule has 0 aliphatic rings. The van der Waals surface area contributed by atoms with E-state index in [4.69, 9.17) is 19.2 Å². The zero-order valence-electron chi connectivity index (χ0n) is 3.51. The Labute approximate surface area is 64.0 Å². The van der Waals surface area contributed by atoms with Crippen LogP contribution in [0, 0.1) is 0 Å². The Bertz CT molecular complexity index is 27.2. The van der Waals surface area contributed by atoms with Gasteiger partial charge in [0.05, 0.1) is 0 Å². The van der Waals surface area contributed by atoms with Gasteiger partial charge < -0.3 is 19.2 Å². The van der Waals surface area contributed by atoms with Gasteiger partial charge in [-0.1, -0.05) is 0 Å². The van der Waals surface area contributed by atoms with Gasteiger partial charge in [-0.3, -0.25) is 0 Å². The van der Waals surface area contributed by atoms with Gasteiger partial charge in [0.15, 0.2) is 0 Å². The summed E-state index contributed by atoms with van der Waals surface area (Å²) < 4.78 is 0. The van der Waals surface area contributed by atoms with Crippen molar-refractivity contribution in [2.75, 3.05) is 0 Å². The van der Waals surface area contributed by atoms with Crippen molar-refractivity contribution in [3.8, 4) is 0 Å². The molecule has 0 amide bonds. The van der Waals surface area contributed by atoms with Gasteiger partial charge in [0, 0.05) is 0 Å². The second-order valence-electron chi connectivity index (χ2n) is 0.524. The molecule has 1 N–H and O–H groups in total. The van der Waals surface area contributed by atoms with E-state index >= 15 is 0 Å². The summed E-state index contributed by atoms with van der Waals surface area (Å²) in [6.45, 7) is 0. The second-order valence-corrected chi connectivity index (χ2v) is 1.57. The summed E-state index contributed by atoms with van der Waals surface area (Å²) in [4.78, 5) is 33.1. The van der Waals surface area contributed by atoms with Gasteiger partial charge in [0.1, 0.15) is 0 Å². The van der Waals surface area contributed by atoms with E-state index in [1.54, 1.807) is 0 Å². The molecule has 0 aromatic rings. The van der Waals surface area contributed by atoms with Crippen molar-refractivity contribution >= 4 is 9.05 Å². The minimum Gasteiger partial charge on any atom is -0.861 e. The van der Waals surface area contributed by atoms with Crippen molar-refractivity contribution in [1.82, 2.24) is 0 Å². The third kappa shape index (κ3) is 142. The molecule has 7 heteroatoms. The van der Waals surface area contributed by atoms with E-state index in [1.165, 1.54) is 0 Å². The predicted octanol–water partition coefficient (Wildman–Crippen LogP) is -7.50. The largest absolute Gasteiger partial charge is 2.00 e. The first-order valence-electron chi connectivity index (χ1n) is 0.836. The summed E-state index contributed by atoms with van der Waals surface area (Å²) in [6.07, 6.45) is 0. The van der Waals surface area contributed by atoms with E-state index < -0.39 is 9.05 Å². The average molecular weight is 159 g/mol. The molecule has 0 atom stereocenters. The molecule has 0 heterocycles. The molecule has 0 bridgehead atoms. The molecule has 0 aliphatic carbocycles. The van der Waals surface area contributed by atoms with E-state index in [-0.39, 0.29) is 35.6 Å². The quantitative estimate of drug-likeness (QED) is 0.355. The van der Waals surface area contributed by atoms with Gasteiger partial charge in [-0.15, -0.1) is 9.05 Å². The fourth-order valence-corrected chi connectivity index (χ4v) is 0. The Morgan fingerprint density at radius 2 is 1.14 bits per heavy atom. The average Bonchev–Trinajstić information content (AvgIpc) is 0.722. The molecule has 0 unspecified atom stereocenters. The van der Waals surface area contributed by atoms with Crippen LogP contribution in [-0.4, -0.2) is 13.8 Å². The molecule has 39 valence electrons. The fraction of sp³-hybridized carbons (Fsp3) is 0. The number of hydrogen-bond donors (Lipinski definition) is 1. The maximum Gasteiger partial charge on any atom is 2.00 e. The van der Waals surface area contributed by atoms with Crippen LogP contribution in [0.25, 0.3) is 0 Å². The Hall–Kier alpha value is 1.16. The van der Waals surface area contributed by atoms with E-state index in [1.807, 2.05) is 0 Å². The zero-order valence-corrected chi connectivity index (χ0v) is 5.55. The maximum absolute atomic E-state index is 8.69. The van der Waals surface area contributed by atoms with Crippen LogP contribution in [0.15, 0.2) is 0 Å². The predicted molar refractivity (Wildman–Crippen MR) is 7.97 cm³/mol. The SMILES string of the molecule is [Co+2].[Li+].[O-][Si]([O-])([O-])O. The summed E-state index contributed by atoms with van der Waals surface area (Å²) in [7, 11) is -5.36. The normalized spacial score (nSPS) is 8.57. The Morgan fingerprint density at radius 3 is 1.14 bits per heavy atom. The molecule has 0 spiro atoms. The van der Waals surface area contributed by atoms with Crippen molar-refractivity contribution in [2.45, 2.75) is 0 Å². The van der Waals surface area contributed by atoms with Crippen LogP contribution >= 0.6 is 0 Å². The first-order chi connectivity index (χ1) is 2.00. The summed E-state index contributed by atoms with van der Waals surface area (Å²) in [5.74, 6) is 0. The number of rotatable bonds is 0. The van der Waals surface area contributed by atoms with Gasteiger partial charge in [-0.2, -0.15) is 0 Å². The van der Waals surface area contributed by atoms with E-state index in [9.17, 15) is 0 Å². The molecule has 4 nitrogen and oxygen atoms in total. The van der Waals surface area contributed by atoms with Crippen LogP contribution in [0.3, 0.4) is 0 Å².